The number of benzene rings is 1. The highest BCUT2D eigenvalue weighted by molar-refractivity contribution is 7.71. The second kappa shape index (κ2) is 7.49. The van der Waals surface area contributed by atoms with Gasteiger partial charge in [0.2, 0.25) is 5.91 Å². The summed E-state index contributed by atoms with van der Waals surface area (Å²) in [5.74, 6) is -0.359. The fourth-order valence-corrected chi connectivity index (χ4v) is 2.38. The zero-order chi connectivity index (χ0) is 17.6. The first-order valence-electron chi connectivity index (χ1n) is 7.33. The maximum absolute atomic E-state index is 11.8. The summed E-state index contributed by atoms with van der Waals surface area (Å²) in [4.78, 5) is 32.3. The molecule has 3 N–H and O–H groups in total. The van der Waals surface area contributed by atoms with Crippen molar-refractivity contribution in [1.82, 2.24) is 24.9 Å². The molecule has 25 heavy (non-hydrogen) atoms. The molecule has 0 radical (unpaired) electrons. The second-order valence-corrected chi connectivity index (χ2v) is 5.55. The Morgan fingerprint density at radius 1 is 1.32 bits per heavy atom. The topological polar surface area (TPSA) is 108 Å². The van der Waals surface area contributed by atoms with E-state index in [-0.39, 0.29) is 22.7 Å². The number of aromatic amines is 2. The first kappa shape index (κ1) is 16.5. The number of imidazole rings is 1. The molecular weight excluding hydrogens is 340 g/mol. The van der Waals surface area contributed by atoms with Gasteiger partial charge in [0.25, 0.3) is 5.56 Å². The first-order chi connectivity index (χ1) is 12.1. The van der Waals surface area contributed by atoms with Crippen molar-refractivity contribution in [1.29, 1.82) is 0 Å². The average molecular weight is 354 g/mol. The molecule has 9 heteroatoms. The summed E-state index contributed by atoms with van der Waals surface area (Å²) in [7, 11) is 0. The molecular formula is C16H14N6O2S. The lowest BCUT2D eigenvalue weighted by molar-refractivity contribution is -0.120. The van der Waals surface area contributed by atoms with Crippen molar-refractivity contribution in [2.75, 3.05) is 0 Å². The Morgan fingerprint density at radius 3 is 2.80 bits per heavy atom. The Kier molecular flexibility index (Phi) is 4.95. The zero-order valence-corrected chi connectivity index (χ0v) is 13.8. The van der Waals surface area contributed by atoms with Gasteiger partial charge in [-0.1, -0.05) is 12.1 Å². The molecule has 0 aliphatic rings. The number of hydrogen-bond acceptors (Lipinski definition) is 5. The number of hydrazone groups is 1. The number of amides is 1. The van der Waals surface area contributed by atoms with Gasteiger partial charge in [0.1, 0.15) is 0 Å². The van der Waals surface area contributed by atoms with Crippen LogP contribution in [0.1, 0.15) is 11.3 Å². The van der Waals surface area contributed by atoms with E-state index >= 15 is 0 Å². The summed E-state index contributed by atoms with van der Waals surface area (Å²) >= 11 is 4.85. The van der Waals surface area contributed by atoms with Gasteiger partial charge in [0, 0.05) is 29.8 Å². The highest BCUT2D eigenvalue weighted by atomic mass is 32.1. The molecule has 126 valence electrons. The highest BCUT2D eigenvalue weighted by Crippen LogP contribution is 2.07. The van der Waals surface area contributed by atoms with Crippen LogP contribution in [0.15, 0.2) is 58.9 Å². The van der Waals surface area contributed by atoms with Crippen molar-refractivity contribution in [2.24, 2.45) is 5.10 Å². The molecule has 0 unspecified atom stereocenters. The van der Waals surface area contributed by atoms with Crippen molar-refractivity contribution in [3.8, 4) is 5.69 Å². The minimum absolute atomic E-state index is 0.0233. The third-order valence-electron chi connectivity index (χ3n) is 3.27. The van der Waals surface area contributed by atoms with E-state index in [4.69, 9.17) is 12.2 Å². The molecule has 3 rings (SSSR count). The predicted molar refractivity (Wildman–Crippen MR) is 95.3 cm³/mol. The van der Waals surface area contributed by atoms with Gasteiger partial charge in [0.05, 0.1) is 19.0 Å². The zero-order valence-electron chi connectivity index (χ0n) is 13.0. The van der Waals surface area contributed by atoms with E-state index in [9.17, 15) is 9.59 Å². The van der Waals surface area contributed by atoms with Crippen LogP contribution in [0.5, 0.6) is 0 Å². The van der Waals surface area contributed by atoms with Gasteiger partial charge in [-0.05, 0) is 29.9 Å². The Hall–Kier alpha value is -3.33. The number of H-pyrrole nitrogens is 2. The molecule has 8 nitrogen and oxygen atoms in total. The molecule has 2 aromatic heterocycles. The smallest absolute Gasteiger partial charge is 0.251 e. The minimum atomic E-state index is -0.359. The van der Waals surface area contributed by atoms with E-state index < -0.39 is 0 Å². The van der Waals surface area contributed by atoms with E-state index in [1.165, 1.54) is 12.3 Å². The van der Waals surface area contributed by atoms with Crippen molar-refractivity contribution in [3.05, 3.63) is 75.4 Å². The Bertz CT molecular complexity index is 974. The quantitative estimate of drug-likeness (QED) is 0.365. The normalized spacial score (nSPS) is 10.9. The number of hydrogen-bond donors (Lipinski definition) is 3. The van der Waals surface area contributed by atoms with E-state index in [1.54, 1.807) is 12.5 Å². The van der Waals surface area contributed by atoms with Gasteiger partial charge in [-0.25, -0.2) is 10.4 Å². The Labute approximate surface area is 147 Å². The molecule has 1 amide bonds. The molecule has 3 aromatic rings. The minimum Gasteiger partial charge on any atom is -0.335 e. The van der Waals surface area contributed by atoms with Crippen LogP contribution < -0.4 is 11.0 Å². The highest BCUT2D eigenvalue weighted by Gasteiger charge is 2.03. The van der Waals surface area contributed by atoms with E-state index in [1.807, 2.05) is 35.0 Å². The molecule has 0 aliphatic heterocycles. The van der Waals surface area contributed by atoms with Crippen LogP contribution in [-0.2, 0) is 11.2 Å². The summed E-state index contributed by atoms with van der Waals surface area (Å²) in [6, 6.07) is 8.87. The van der Waals surface area contributed by atoms with Crippen LogP contribution in [0.2, 0.25) is 0 Å². The number of carbonyl (C=O) groups is 1. The SMILES string of the molecule is O=C(Cc1cc(=O)[nH]c(=S)[nH]1)N/N=C\c1ccc(-n2ccnc2)cc1. The Balaban J connectivity index is 1.58. The monoisotopic (exact) mass is 354 g/mol. The van der Waals surface area contributed by atoms with Gasteiger partial charge in [-0.3, -0.25) is 14.6 Å². The first-order valence-corrected chi connectivity index (χ1v) is 7.74. The fourth-order valence-electron chi connectivity index (χ4n) is 2.15. The lowest BCUT2D eigenvalue weighted by Crippen LogP contribution is -2.21. The van der Waals surface area contributed by atoms with Gasteiger partial charge in [0.15, 0.2) is 4.77 Å². The van der Waals surface area contributed by atoms with Crippen molar-refractivity contribution in [2.45, 2.75) is 6.42 Å². The number of nitrogens with zero attached hydrogens (tertiary/aromatic N) is 3. The van der Waals surface area contributed by atoms with Gasteiger partial charge in [-0.15, -0.1) is 0 Å². The van der Waals surface area contributed by atoms with Crippen molar-refractivity contribution >= 4 is 24.3 Å². The van der Waals surface area contributed by atoms with Crippen LogP contribution in [0.3, 0.4) is 0 Å². The molecule has 1 aromatic carbocycles. The van der Waals surface area contributed by atoms with E-state index in [0.29, 0.717) is 5.69 Å². The second-order valence-electron chi connectivity index (χ2n) is 5.14. The molecule has 0 aliphatic carbocycles. The summed E-state index contributed by atoms with van der Waals surface area (Å²) < 4.78 is 2.06. The lowest BCUT2D eigenvalue weighted by atomic mass is 10.2. The lowest BCUT2D eigenvalue weighted by Gasteiger charge is -2.02. The number of carbonyl (C=O) groups excluding carboxylic acids is 1. The van der Waals surface area contributed by atoms with Crippen molar-refractivity contribution in [3.63, 3.8) is 0 Å². The molecule has 0 saturated carbocycles. The molecule has 0 saturated heterocycles. The average Bonchev–Trinajstić information content (AvgIpc) is 3.09. The predicted octanol–water partition coefficient (Wildman–Crippen LogP) is 1.31. The maximum atomic E-state index is 11.8. The van der Waals surface area contributed by atoms with Gasteiger partial charge >= 0.3 is 0 Å². The number of aromatic nitrogens is 4. The molecule has 0 bridgehead atoms. The summed E-state index contributed by atoms with van der Waals surface area (Å²) in [5.41, 5.74) is 4.29. The van der Waals surface area contributed by atoms with Gasteiger partial charge < -0.3 is 9.55 Å². The standard InChI is InChI=1S/C16H14N6O2S/c23-14-7-12(19-16(25)20-14)8-15(24)21-18-9-11-1-3-13(4-2-11)22-6-5-17-10-22/h1-7,9-10H,8H2,(H,21,24)(H2,19,20,23,25)/b18-9-. The van der Waals surface area contributed by atoms with Crippen LogP contribution >= 0.6 is 12.2 Å². The van der Waals surface area contributed by atoms with Crippen LogP contribution in [0.25, 0.3) is 5.69 Å². The number of nitrogens with one attached hydrogen (secondary N) is 3. The summed E-state index contributed by atoms with van der Waals surface area (Å²) in [5, 5.41) is 3.91. The van der Waals surface area contributed by atoms with Crippen LogP contribution in [0, 0.1) is 4.77 Å². The van der Waals surface area contributed by atoms with Crippen LogP contribution in [-0.4, -0.2) is 31.6 Å². The largest absolute Gasteiger partial charge is 0.335 e. The molecule has 0 atom stereocenters. The Morgan fingerprint density at radius 2 is 2.12 bits per heavy atom. The third kappa shape index (κ3) is 4.58. The van der Waals surface area contributed by atoms with E-state index in [2.05, 4.69) is 25.5 Å². The summed E-state index contributed by atoms with van der Waals surface area (Å²) in [6.07, 6.45) is 6.78. The molecule has 2 heterocycles. The van der Waals surface area contributed by atoms with Crippen molar-refractivity contribution < 1.29 is 4.79 Å². The maximum Gasteiger partial charge on any atom is 0.251 e. The molecule has 0 fully saturated rings. The number of rotatable bonds is 5. The van der Waals surface area contributed by atoms with E-state index in [0.717, 1.165) is 11.3 Å². The van der Waals surface area contributed by atoms with Gasteiger partial charge in [-0.2, -0.15) is 5.10 Å². The molecule has 0 spiro atoms. The summed E-state index contributed by atoms with van der Waals surface area (Å²) in [6.45, 7) is 0. The fraction of sp³-hybridized carbons (Fsp3) is 0.0625. The van der Waals surface area contributed by atoms with Crippen LogP contribution in [0.4, 0.5) is 0 Å². The third-order valence-corrected chi connectivity index (χ3v) is 3.47.